The van der Waals surface area contributed by atoms with E-state index in [-0.39, 0.29) is 11.8 Å². The molecule has 1 unspecified atom stereocenters. The Hall–Kier alpha value is -2.82. The first kappa shape index (κ1) is 13.8. The van der Waals surface area contributed by atoms with E-state index in [0.717, 1.165) is 5.69 Å². The van der Waals surface area contributed by atoms with Gasteiger partial charge in [-0.2, -0.15) is 0 Å². The first-order valence-corrected chi connectivity index (χ1v) is 7.70. The molecule has 0 aliphatic carbocycles. The monoisotopic (exact) mass is 307 g/mol. The molecule has 0 aromatic heterocycles. The summed E-state index contributed by atoms with van der Waals surface area (Å²) in [6.07, 6.45) is 1.04. The highest BCUT2D eigenvalue weighted by Gasteiger charge is 2.53. The number of benzene rings is 2. The lowest BCUT2D eigenvalue weighted by Crippen LogP contribution is -2.64. The zero-order valence-corrected chi connectivity index (χ0v) is 12.8. The molecule has 2 aromatic carbocycles. The molecule has 2 aromatic rings. The third-order valence-corrected chi connectivity index (χ3v) is 4.62. The average Bonchev–Trinajstić information content (AvgIpc) is 2.89. The van der Waals surface area contributed by atoms with Crippen LogP contribution >= 0.6 is 0 Å². The number of hydrogen-bond donors (Lipinski definition) is 1. The second-order valence-corrected chi connectivity index (χ2v) is 6.08. The Morgan fingerprint density at radius 2 is 1.70 bits per heavy atom. The van der Waals surface area contributed by atoms with Gasteiger partial charge in [0.05, 0.1) is 16.9 Å². The van der Waals surface area contributed by atoms with Crippen molar-refractivity contribution in [3.63, 3.8) is 0 Å². The Balaban J connectivity index is 1.83. The highest BCUT2D eigenvalue weighted by atomic mass is 16.2. The van der Waals surface area contributed by atoms with Gasteiger partial charge in [0.25, 0.3) is 5.91 Å². The number of hydrogen-bond acceptors (Lipinski definition) is 3. The predicted molar refractivity (Wildman–Crippen MR) is 87.8 cm³/mol. The number of hydrazine groups is 1. The normalized spacial score (nSPS) is 22.8. The summed E-state index contributed by atoms with van der Waals surface area (Å²) in [5, 5.41) is 1.59. The third-order valence-electron chi connectivity index (χ3n) is 4.62. The van der Waals surface area contributed by atoms with E-state index in [0.29, 0.717) is 24.1 Å². The second kappa shape index (κ2) is 4.84. The molecule has 5 heteroatoms. The average molecular weight is 307 g/mol. The molecule has 1 saturated heterocycles. The first-order chi connectivity index (χ1) is 11.1. The van der Waals surface area contributed by atoms with Gasteiger partial charge in [-0.25, -0.2) is 5.01 Å². The summed E-state index contributed by atoms with van der Waals surface area (Å²) in [5.41, 5.74) is 4.57. The molecule has 0 spiro atoms. The fourth-order valence-electron chi connectivity index (χ4n) is 3.44. The molecule has 116 valence electrons. The molecule has 1 fully saturated rings. The van der Waals surface area contributed by atoms with Crippen molar-refractivity contribution >= 4 is 23.2 Å². The molecule has 0 bridgehead atoms. The Morgan fingerprint density at radius 3 is 2.48 bits per heavy atom. The summed E-state index contributed by atoms with van der Waals surface area (Å²) in [7, 11) is 0. The van der Waals surface area contributed by atoms with Gasteiger partial charge in [0.2, 0.25) is 5.91 Å². The highest BCUT2D eigenvalue weighted by Crippen LogP contribution is 2.43. The topological polar surface area (TPSA) is 52.7 Å². The SMILES string of the molecule is CC12CCC(=O)N1c1ccccc1C(=O)N2Nc1ccccc1. The maximum atomic E-state index is 13.0. The number of carbonyl (C=O) groups excluding carboxylic acids is 2. The van der Waals surface area contributed by atoms with E-state index < -0.39 is 5.66 Å². The number of para-hydroxylation sites is 2. The lowest BCUT2D eigenvalue weighted by atomic mass is 10.0. The van der Waals surface area contributed by atoms with Gasteiger partial charge in [-0.05, 0) is 31.2 Å². The van der Waals surface area contributed by atoms with Crippen molar-refractivity contribution in [3.8, 4) is 0 Å². The molecule has 5 nitrogen and oxygen atoms in total. The maximum Gasteiger partial charge on any atom is 0.276 e. The van der Waals surface area contributed by atoms with Gasteiger partial charge in [-0.1, -0.05) is 30.3 Å². The van der Waals surface area contributed by atoms with Crippen molar-refractivity contribution in [1.82, 2.24) is 5.01 Å². The standard InChI is InChI=1S/C18H17N3O2/c1-18-12-11-16(22)20(18)15-10-6-5-9-14(15)17(23)21(18)19-13-7-3-2-4-8-13/h2-10,19H,11-12H2,1H3. The number of nitrogens with zero attached hydrogens (tertiary/aromatic N) is 2. The second-order valence-electron chi connectivity index (χ2n) is 6.08. The number of fused-ring (bicyclic) bond motifs is 3. The minimum absolute atomic E-state index is 0.0484. The molecule has 4 rings (SSSR count). The quantitative estimate of drug-likeness (QED) is 0.928. The highest BCUT2D eigenvalue weighted by molar-refractivity contribution is 6.10. The Morgan fingerprint density at radius 1 is 1.00 bits per heavy atom. The Bertz CT molecular complexity index is 790. The lowest BCUT2D eigenvalue weighted by Gasteiger charge is -2.48. The van der Waals surface area contributed by atoms with Crippen LogP contribution in [0.15, 0.2) is 54.6 Å². The van der Waals surface area contributed by atoms with Gasteiger partial charge >= 0.3 is 0 Å². The molecule has 1 N–H and O–H groups in total. The number of anilines is 2. The zero-order chi connectivity index (χ0) is 16.0. The fourth-order valence-corrected chi connectivity index (χ4v) is 3.44. The van der Waals surface area contributed by atoms with Crippen LogP contribution in [0.1, 0.15) is 30.1 Å². The minimum Gasteiger partial charge on any atom is -0.294 e. The van der Waals surface area contributed by atoms with Crippen LogP contribution in [0.5, 0.6) is 0 Å². The van der Waals surface area contributed by atoms with E-state index in [9.17, 15) is 9.59 Å². The largest absolute Gasteiger partial charge is 0.294 e. The third kappa shape index (κ3) is 1.93. The van der Waals surface area contributed by atoms with Crippen LogP contribution in [0.4, 0.5) is 11.4 Å². The summed E-state index contributed by atoms with van der Waals surface area (Å²) in [6, 6.07) is 16.8. The van der Waals surface area contributed by atoms with E-state index in [1.165, 1.54) is 0 Å². The molecule has 2 aliphatic heterocycles. The van der Waals surface area contributed by atoms with Crippen LogP contribution in [-0.4, -0.2) is 22.5 Å². The van der Waals surface area contributed by atoms with E-state index >= 15 is 0 Å². The van der Waals surface area contributed by atoms with E-state index in [4.69, 9.17) is 0 Å². The molecule has 0 saturated carbocycles. The number of carbonyl (C=O) groups is 2. The minimum atomic E-state index is -0.696. The van der Waals surface area contributed by atoms with E-state index in [1.54, 1.807) is 16.0 Å². The number of rotatable bonds is 2. The van der Waals surface area contributed by atoms with E-state index in [1.807, 2.05) is 55.5 Å². The van der Waals surface area contributed by atoms with Gasteiger partial charge in [-0.3, -0.25) is 19.9 Å². The lowest BCUT2D eigenvalue weighted by molar-refractivity contribution is -0.117. The van der Waals surface area contributed by atoms with Crippen molar-refractivity contribution in [2.24, 2.45) is 0 Å². The van der Waals surface area contributed by atoms with Crippen molar-refractivity contribution in [1.29, 1.82) is 0 Å². The number of nitrogens with one attached hydrogen (secondary N) is 1. The summed E-state index contributed by atoms with van der Waals surface area (Å²) in [6.45, 7) is 1.93. The smallest absolute Gasteiger partial charge is 0.276 e. The molecule has 1 atom stereocenters. The van der Waals surface area contributed by atoms with Crippen LogP contribution in [0.3, 0.4) is 0 Å². The molecule has 2 heterocycles. The molecule has 2 aliphatic rings. The van der Waals surface area contributed by atoms with Crippen molar-refractivity contribution in [2.45, 2.75) is 25.4 Å². The Kier molecular flexibility index (Phi) is 2.91. The molecule has 23 heavy (non-hydrogen) atoms. The fraction of sp³-hybridized carbons (Fsp3) is 0.222. The van der Waals surface area contributed by atoms with Gasteiger partial charge in [0.15, 0.2) is 0 Å². The van der Waals surface area contributed by atoms with Crippen LogP contribution in [-0.2, 0) is 4.79 Å². The molecule has 2 amide bonds. The predicted octanol–water partition coefficient (Wildman–Crippen LogP) is 3.01. The van der Waals surface area contributed by atoms with Gasteiger partial charge < -0.3 is 0 Å². The van der Waals surface area contributed by atoms with Gasteiger partial charge in [0, 0.05) is 12.8 Å². The summed E-state index contributed by atoms with van der Waals surface area (Å²) in [5.74, 6) is -0.0646. The summed E-state index contributed by atoms with van der Waals surface area (Å²) >= 11 is 0. The summed E-state index contributed by atoms with van der Waals surface area (Å²) < 4.78 is 0. The van der Waals surface area contributed by atoms with Crippen LogP contribution in [0.2, 0.25) is 0 Å². The van der Waals surface area contributed by atoms with Crippen LogP contribution < -0.4 is 10.3 Å². The molecule has 0 radical (unpaired) electrons. The van der Waals surface area contributed by atoms with Crippen LogP contribution in [0, 0.1) is 0 Å². The van der Waals surface area contributed by atoms with Gasteiger partial charge in [0.1, 0.15) is 5.66 Å². The Labute approximate surface area is 134 Å². The first-order valence-electron chi connectivity index (χ1n) is 7.70. The van der Waals surface area contributed by atoms with Crippen LogP contribution in [0.25, 0.3) is 0 Å². The van der Waals surface area contributed by atoms with E-state index in [2.05, 4.69) is 5.43 Å². The summed E-state index contributed by atoms with van der Waals surface area (Å²) in [4.78, 5) is 27.2. The van der Waals surface area contributed by atoms with Crippen molar-refractivity contribution < 1.29 is 9.59 Å². The van der Waals surface area contributed by atoms with Gasteiger partial charge in [-0.15, -0.1) is 0 Å². The zero-order valence-electron chi connectivity index (χ0n) is 12.8. The molecular formula is C18H17N3O2. The van der Waals surface area contributed by atoms with Crippen molar-refractivity contribution in [2.75, 3.05) is 10.3 Å². The molecular weight excluding hydrogens is 290 g/mol. The number of amides is 2. The maximum absolute atomic E-state index is 13.0. The van der Waals surface area contributed by atoms with Crippen molar-refractivity contribution in [3.05, 3.63) is 60.2 Å².